The highest BCUT2D eigenvalue weighted by Gasteiger charge is 2.13. The largest absolute Gasteiger partial charge is 0.325 e. The van der Waals surface area contributed by atoms with Crippen molar-refractivity contribution in [3.63, 3.8) is 0 Å². The van der Waals surface area contributed by atoms with Crippen LogP contribution >= 0.6 is 11.8 Å². The normalized spacial score (nSPS) is 11.2. The molecule has 0 spiro atoms. The van der Waals surface area contributed by atoms with Crippen LogP contribution in [-0.4, -0.2) is 16.6 Å². The maximum Gasteiger partial charge on any atom is 0.234 e. The van der Waals surface area contributed by atoms with Gasteiger partial charge in [-0.15, -0.1) is 0 Å². The number of thioether (sulfide) groups is 1. The fourth-order valence-electron chi connectivity index (χ4n) is 1.82. The van der Waals surface area contributed by atoms with Gasteiger partial charge in [0.2, 0.25) is 5.91 Å². The summed E-state index contributed by atoms with van der Waals surface area (Å²) >= 11 is 1.43. The number of carbonyl (C=O) groups is 1. The van der Waals surface area contributed by atoms with Gasteiger partial charge in [-0.2, -0.15) is 0 Å². The summed E-state index contributed by atoms with van der Waals surface area (Å²) in [7, 11) is 0. The third kappa shape index (κ3) is 4.90. The molecule has 0 aliphatic heterocycles. The van der Waals surface area contributed by atoms with Crippen LogP contribution in [0.3, 0.4) is 0 Å². The molecule has 1 amide bonds. The van der Waals surface area contributed by atoms with Gasteiger partial charge in [0.15, 0.2) is 0 Å². The molecule has 1 aromatic carbocycles. The Kier molecular flexibility index (Phi) is 5.02. The van der Waals surface area contributed by atoms with E-state index in [9.17, 15) is 4.79 Å². The summed E-state index contributed by atoms with van der Waals surface area (Å²) in [4.78, 5) is 16.1. The summed E-state index contributed by atoms with van der Waals surface area (Å²) in [5.74, 6) is 0.340. The SMILES string of the molecule is CC(C)(C)c1ccc(NC(=O)CSc2ccccn2)cc1. The van der Waals surface area contributed by atoms with Gasteiger partial charge in [-0.1, -0.05) is 50.7 Å². The summed E-state index contributed by atoms with van der Waals surface area (Å²) in [6.07, 6.45) is 1.73. The minimum absolute atomic E-state index is 0.0193. The first-order valence-electron chi connectivity index (χ1n) is 6.89. The van der Waals surface area contributed by atoms with E-state index >= 15 is 0 Å². The van der Waals surface area contributed by atoms with Gasteiger partial charge in [-0.05, 0) is 35.2 Å². The molecule has 0 radical (unpaired) electrons. The van der Waals surface area contributed by atoms with Gasteiger partial charge in [0.25, 0.3) is 0 Å². The predicted octanol–water partition coefficient (Wildman–Crippen LogP) is 4.11. The zero-order valence-electron chi connectivity index (χ0n) is 12.6. The standard InChI is InChI=1S/C17H20N2OS/c1-17(2,3)13-7-9-14(10-8-13)19-15(20)12-21-16-6-4-5-11-18-16/h4-11H,12H2,1-3H3,(H,19,20). The average molecular weight is 300 g/mol. The van der Waals surface area contributed by atoms with Crippen LogP contribution in [0.15, 0.2) is 53.7 Å². The van der Waals surface area contributed by atoms with Gasteiger partial charge in [0.1, 0.15) is 0 Å². The van der Waals surface area contributed by atoms with Gasteiger partial charge in [0.05, 0.1) is 10.8 Å². The van der Waals surface area contributed by atoms with Crippen LogP contribution in [0.1, 0.15) is 26.3 Å². The topological polar surface area (TPSA) is 42.0 Å². The second-order valence-electron chi connectivity index (χ2n) is 5.83. The van der Waals surface area contributed by atoms with Crippen molar-refractivity contribution in [1.29, 1.82) is 0 Å². The Balaban J connectivity index is 1.88. The van der Waals surface area contributed by atoms with E-state index in [4.69, 9.17) is 0 Å². The lowest BCUT2D eigenvalue weighted by Gasteiger charge is -2.19. The van der Waals surface area contributed by atoms with E-state index in [0.29, 0.717) is 5.75 Å². The Morgan fingerprint density at radius 3 is 2.43 bits per heavy atom. The first kappa shape index (κ1) is 15.6. The summed E-state index contributed by atoms with van der Waals surface area (Å²) in [5, 5.41) is 3.76. The Bertz CT molecular complexity index is 588. The number of carbonyl (C=O) groups excluding carboxylic acids is 1. The first-order chi connectivity index (χ1) is 9.95. The summed E-state index contributed by atoms with van der Waals surface area (Å²) < 4.78 is 0. The molecule has 2 rings (SSSR count). The van der Waals surface area contributed by atoms with Crippen LogP contribution in [0.5, 0.6) is 0 Å². The number of pyridine rings is 1. The lowest BCUT2D eigenvalue weighted by Crippen LogP contribution is -2.15. The molecule has 1 heterocycles. The molecular weight excluding hydrogens is 280 g/mol. The third-order valence-electron chi connectivity index (χ3n) is 3.02. The van der Waals surface area contributed by atoms with E-state index in [1.165, 1.54) is 17.3 Å². The number of hydrogen-bond donors (Lipinski definition) is 1. The average Bonchev–Trinajstić information content (AvgIpc) is 2.46. The van der Waals surface area contributed by atoms with Gasteiger partial charge < -0.3 is 5.32 Å². The van der Waals surface area contributed by atoms with E-state index in [1.807, 2.05) is 30.3 Å². The fourth-order valence-corrected chi connectivity index (χ4v) is 2.48. The van der Waals surface area contributed by atoms with Crippen LogP contribution in [0.4, 0.5) is 5.69 Å². The number of aromatic nitrogens is 1. The molecule has 0 atom stereocenters. The summed E-state index contributed by atoms with van der Waals surface area (Å²) in [6, 6.07) is 13.7. The molecule has 1 aromatic heterocycles. The molecule has 0 unspecified atom stereocenters. The van der Waals surface area contributed by atoms with Crippen LogP contribution in [0, 0.1) is 0 Å². The van der Waals surface area contributed by atoms with Crippen molar-refractivity contribution in [2.24, 2.45) is 0 Å². The molecule has 21 heavy (non-hydrogen) atoms. The van der Waals surface area contributed by atoms with Crippen LogP contribution in [0.25, 0.3) is 0 Å². The maximum atomic E-state index is 11.9. The Labute approximate surface area is 130 Å². The van der Waals surface area contributed by atoms with Gasteiger partial charge in [-0.3, -0.25) is 4.79 Å². The number of hydrogen-bond acceptors (Lipinski definition) is 3. The Hall–Kier alpha value is -1.81. The summed E-state index contributed by atoms with van der Waals surface area (Å²) in [6.45, 7) is 6.51. The number of nitrogens with one attached hydrogen (secondary N) is 1. The molecule has 3 nitrogen and oxygen atoms in total. The van der Waals surface area contributed by atoms with E-state index in [1.54, 1.807) is 6.20 Å². The molecule has 1 N–H and O–H groups in total. The second-order valence-corrected chi connectivity index (χ2v) is 6.83. The van der Waals surface area contributed by atoms with Crippen molar-refractivity contribution < 1.29 is 4.79 Å². The van der Waals surface area contributed by atoms with Gasteiger partial charge in [0, 0.05) is 11.9 Å². The number of anilines is 1. The molecule has 4 heteroatoms. The number of nitrogens with zero attached hydrogens (tertiary/aromatic N) is 1. The highest BCUT2D eigenvalue weighted by Crippen LogP contribution is 2.23. The quantitative estimate of drug-likeness (QED) is 0.864. The van der Waals surface area contributed by atoms with Crippen LogP contribution in [-0.2, 0) is 10.2 Å². The first-order valence-corrected chi connectivity index (χ1v) is 7.88. The monoisotopic (exact) mass is 300 g/mol. The van der Waals surface area contributed by atoms with E-state index in [0.717, 1.165) is 10.7 Å². The molecule has 0 aliphatic carbocycles. The van der Waals surface area contributed by atoms with Crippen molar-refractivity contribution in [1.82, 2.24) is 4.98 Å². The molecule has 0 bridgehead atoms. The Morgan fingerprint density at radius 2 is 1.86 bits per heavy atom. The van der Waals surface area contributed by atoms with E-state index < -0.39 is 0 Å². The molecular formula is C17H20N2OS. The van der Waals surface area contributed by atoms with E-state index in [-0.39, 0.29) is 11.3 Å². The number of benzene rings is 1. The zero-order valence-corrected chi connectivity index (χ0v) is 13.4. The third-order valence-corrected chi connectivity index (χ3v) is 3.97. The Morgan fingerprint density at radius 1 is 1.14 bits per heavy atom. The maximum absolute atomic E-state index is 11.9. The van der Waals surface area contributed by atoms with Crippen LogP contribution < -0.4 is 5.32 Å². The zero-order chi connectivity index (χ0) is 15.3. The molecule has 0 saturated heterocycles. The van der Waals surface area contributed by atoms with E-state index in [2.05, 4.69) is 43.2 Å². The van der Waals surface area contributed by atoms with Crippen molar-refractivity contribution in [2.75, 3.05) is 11.1 Å². The minimum Gasteiger partial charge on any atom is -0.325 e. The molecule has 0 aliphatic rings. The lowest BCUT2D eigenvalue weighted by molar-refractivity contribution is -0.113. The molecule has 2 aromatic rings. The van der Waals surface area contributed by atoms with Gasteiger partial charge >= 0.3 is 0 Å². The smallest absolute Gasteiger partial charge is 0.234 e. The number of rotatable bonds is 4. The highest BCUT2D eigenvalue weighted by atomic mass is 32.2. The molecule has 0 fully saturated rings. The molecule has 110 valence electrons. The second kappa shape index (κ2) is 6.76. The van der Waals surface area contributed by atoms with Crippen molar-refractivity contribution in [3.05, 3.63) is 54.2 Å². The van der Waals surface area contributed by atoms with Crippen molar-refractivity contribution in [3.8, 4) is 0 Å². The molecule has 0 saturated carbocycles. The van der Waals surface area contributed by atoms with Crippen molar-refractivity contribution in [2.45, 2.75) is 31.2 Å². The summed E-state index contributed by atoms with van der Waals surface area (Å²) in [5.41, 5.74) is 2.20. The number of amides is 1. The fraction of sp³-hybridized carbons (Fsp3) is 0.294. The van der Waals surface area contributed by atoms with Crippen molar-refractivity contribution >= 4 is 23.4 Å². The minimum atomic E-state index is -0.0193. The highest BCUT2D eigenvalue weighted by molar-refractivity contribution is 7.99. The lowest BCUT2D eigenvalue weighted by atomic mass is 9.87. The predicted molar refractivity (Wildman–Crippen MR) is 88.7 cm³/mol. The van der Waals surface area contributed by atoms with Crippen LogP contribution in [0.2, 0.25) is 0 Å². The van der Waals surface area contributed by atoms with Gasteiger partial charge in [-0.25, -0.2) is 4.98 Å².